The molecule has 0 radical (unpaired) electrons. The summed E-state index contributed by atoms with van der Waals surface area (Å²) >= 11 is 0. The van der Waals surface area contributed by atoms with Crippen LogP contribution in [-0.4, -0.2) is 23.9 Å². The Hall–Kier alpha value is -3.02. The van der Waals surface area contributed by atoms with Crippen molar-refractivity contribution in [3.8, 4) is 0 Å². The third-order valence-electron chi connectivity index (χ3n) is 4.27. The molecule has 0 bridgehead atoms. The molecule has 0 saturated carbocycles. The number of aryl methyl sites for hydroxylation is 2. The van der Waals surface area contributed by atoms with Gasteiger partial charge in [0.25, 0.3) is 11.8 Å². The Morgan fingerprint density at radius 1 is 0.875 bits per heavy atom. The van der Waals surface area contributed by atoms with Gasteiger partial charge < -0.3 is 0 Å². The Labute approximate surface area is 139 Å². The highest BCUT2D eigenvalue weighted by molar-refractivity contribution is 6.26. The molecule has 0 unspecified atom stereocenters. The average molecular weight is 320 g/mol. The van der Waals surface area contributed by atoms with Crippen LogP contribution in [0.2, 0.25) is 0 Å². The van der Waals surface area contributed by atoms with Gasteiger partial charge >= 0.3 is 0 Å². The number of imide groups is 1. The molecule has 2 aromatic rings. The van der Waals surface area contributed by atoms with Gasteiger partial charge in [-0.05, 0) is 49.2 Å². The summed E-state index contributed by atoms with van der Waals surface area (Å²) in [6.45, 7) is 3.89. The van der Waals surface area contributed by atoms with Crippen LogP contribution in [0.3, 0.4) is 0 Å². The minimum Gasteiger partial charge on any atom is -0.271 e. The number of anilines is 2. The molecule has 2 aliphatic heterocycles. The van der Waals surface area contributed by atoms with E-state index < -0.39 is 12.1 Å². The Kier molecular flexibility index (Phi) is 3.19. The van der Waals surface area contributed by atoms with E-state index in [0.29, 0.717) is 5.69 Å². The summed E-state index contributed by atoms with van der Waals surface area (Å²) in [6.07, 6.45) is 0. The summed E-state index contributed by atoms with van der Waals surface area (Å²) < 4.78 is 0. The lowest BCUT2D eigenvalue weighted by Crippen LogP contribution is -2.39. The molecule has 2 atom stereocenters. The van der Waals surface area contributed by atoms with E-state index in [4.69, 9.17) is 0 Å². The minimum atomic E-state index is -0.779. The summed E-state index contributed by atoms with van der Waals surface area (Å²) in [5, 5.41) is 9.63. The Morgan fingerprint density at radius 2 is 1.54 bits per heavy atom. The Morgan fingerprint density at radius 3 is 2.21 bits per heavy atom. The fourth-order valence-corrected chi connectivity index (χ4v) is 3.29. The fourth-order valence-electron chi connectivity index (χ4n) is 3.29. The maximum Gasteiger partial charge on any atom is 0.263 e. The van der Waals surface area contributed by atoms with E-state index in [9.17, 15) is 9.59 Å². The first-order chi connectivity index (χ1) is 11.6. The molecule has 1 saturated heterocycles. The molecule has 0 aromatic heterocycles. The van der Waals surface area contributed by atoms with Crippen LogP contribution in [0, 0.1) is 13.8 Å². The van der Waals surface area contributed by atoms with Crippen LogP contribution < -0.4 is 9.91 Å². The molecule has 0 aliphatic carbocycles. The molecule has 2 aliphatic rings. The highest BCUT2D eigenvalue weighted by Crippen LogP contribution is 2.35. The molecule has 1 fully saturated rings. The zero-order valence-electron chi connectivity index (χ0n) is 13.4. The van der Waals surface area contributed by atoms with Gasteiger partial charge in [-0.15, -0.1) is 0 Å². The van der Waals surface area contributed by atoms with E-state index in [1.54, 1.807) is 0 Å². The highest BCUT2D eigenvalue weighted by atomic mass is 16.2. The van der Waals surface area contributed by atoms with E-state index in [0.717, 1.165) is 16.8 Å². The quantitative estimate of drug-likeness (QED) is 0.799. The van der Waals surface area contributed by atoms with Crippen LogP contribution in [0.4, 0.5) is 11.4 Å². The van der Waals surface area contributed by atoms with Crippen LogP contribution in [0.5, 0.6) is 0 Å². The van der Waals surface area contributed by atoms with Crippen molar-refractivity contribution in [2.45, 2.75) is 25.9 Å². The number of para-hydroxylation sites is 1. The zero-order valence-corrected chi connectivity index (χ0v) is 13.4. The summed E-state index contributed by atoms with van der Waals surface area (Å²) in [5.74, 6) is -0.610. The van der Waals surface area contributed by atoms with Gasteiger partial charge in [0.05, 0.1) is 11.4 Å². The third-order valence-corrected chi connectivity index (χ3v) is 4.27. The molecular weight excluding hydrogens is 304 g/mol. The largest absolute Gasteiger partial charge is 0.271 e. The minimum absolute atomic E-state index is 0.288. The van der Waals surface area contributed by atoms with E-state index in [2.05, 4.69) is 10.3 Å². The molecule has 2 heterocycles. The lowest BCUT2D eigenvalue weighted by Gasteiger charge is -2.21. The molecule has 2 aromatic carbocycles. The van der Waals surface area contributed by atoms with Crippen molar-refractivity contribution in [3.63, 3.8) is 0 Å². The highest BCUT2D eigenvalue weighted by Gasteiger charge is 2.55. The van der Waals surface area contributed by atoms with Gasteiger partial charge in [0.1, 0.15) is 0 Å². The van der Waals surface area contributed by atoms with Crippen LogP contribution >= 0.6 is 0 Å². The summed E-state index contributed by atoms with van der Waals surface area (Å²) in [6, 6.07) is 13.5. The predicted molar refractivity (Wildman–Crippen MR) is 89.8 cm³/mol. The van der Waals surface area contributed by atoms with Crippen LogP contribution in [0.15, 0.2) is 58.9 Å². The number of fused-ring (bicyclic) bond motifs is 1. The van der Waals surface area contributed by atoms with Crippen LogP contribution in [-0.2, 0) is 9.59 Å². The molecule has 24 heavy (non-hydrogen) atoms. The lowest BCUT2D eigenvalue weighted by molar-refractivity contribution is -0.121. The van der Waals surface area contributed by atoms with Crippen molar-refractivity contribution in [3.05, 3.63) is 59.7 Å². The van der Waals surface area contributed by atoms with E-state index in [1.165, 1.54) is 9.91 Å². The van der Waals surface area contributed by atoms with Crippen molar-refractivity contribution in [1.82, 2.24) is 0 Å². The van der Waals surface area contributed by atoms with E-state index in [-0.39, 0.29) is 11.8 Å². The number of amides is 2. The second-order valence-corrected chi connectivity index (χ2v) is 6.13. The number of rotatable bonds is 2. The molecule has 0 spiro atoms. The summed E-state index contributed by atoms with van der Waals surface area (Å²) in [7, 11) is 0. The first-order valence-corrected chi connectivity index (χ1v) is 7.77. The van der Waals surface area contributed by atoms with Crippen LogP contribution in [0.1, 0.15) is 11.1 Å². The van der Waals surface area contributed by atoms with Gasteiger partial charge in [0, 0.05) is 0 Å². The van der Waals surface area contributed by atoms with Gasteiger partial charge in [-0.1, -0.05) is 29.5 Å². The van der Waals surface area contributed by atoms with Crippen molar-refractivity contribution in [1.29, 1.82) is 0 Å². The standard InChI is InChI=1S/C18H16N4O2/c1-11-8-12(2)10-14(9-11)21-17(23)15-16(18(21)24)22(20-19-15)13-6-4-3-5-7-13/h3-10,15-16H,1-2H3/t15-,16-/m0/s1. The predicted octanol–water partition coefficient (Wildman–Crippen LogP) is 2.80. The van der Waals surface area contributed by atoms with Gasteiger partial charge in [-0.2, -0.15) is 5.11 Å². The molecule has 6 heteroatoms. The normalized spacial score (nSPS) is 22.4. The first-order valence-electron chi connectivity index (χ1n) is 7.77. The Bertz CT molecular complexity index is 842. The topological polar surface area (TPSA) is 65.3 Å². The second-order valence-electron chi connectivity index (χ2n) is 6.13. The smallest absolute Gasteiger partial charge is 0.263 e. The van der Waals surface area contributed by atoms with E-state index in [1.807, 2.05) is 62.4 Å². The summed E-state index contributed by atoms with van der Waals surface area (Å²) in [5.41, 5.74) is 3.35. The third kappa shape index (κ3) is 2.11. The molecule has 0 N–H and O–H groups in total. The van der Waals surface area contributed by atoms with Crippen molar-refractivity contribution in [2.24, 2.45) is 10.3 Å². The molecular formula is C18H16N4O2. The van der Waals surface area contributed by atoms with Crippen molar-refractivity contribution >= 4 is 23.2 Å². The first kappa shape index (κ1) is 14.6. The fraction of sp³-hybridized carbons (Fsp3) is 0.222. The SMILES string of the molecule is Cc1cc(C)cc(N2C(=O)[C@H]3N=NN(c4ccccc4)[C@@H]3C2=O)c1. The number of carbonyl (C=O) groups excluding carboxylic acids is 2. The number of hydrogen-bond donors (Lipinski definition) is 0. The molecule has 120 valence electrons. The Balaban J connectivity index is 1.73. The van der Waals surface area contributed by atoms with Crippen molar-refractivity contribution < 1.29 is 9.59 Å². The summed E-state index contributed by atoms with van der Waals surface area (Å²) in [4.78, 5) is 26.9. The number of hydrogen-bond acceptors (Lipinski definition) is 5. The molecule has 6 nitrogen and oxygen atoms in total. The maximum absolute atomic E-state index is 12.9. The number of carbonyl (C=O) groups is 2. The van der Waals surface area contributed by atoms with Crippen molar-refractivity contribution in [2.75, 3.05) is 9.91 Å². The number of benzene rings is 2. The zero-order chi connectivity index (χ0) is 16.8. The molecule has 4 rings (SSSR count). The monoisotopic (exact) mass is 320 g/mol. The second kappa shape index (κ2) is 5.26. The van der Waals surface area contributed by atoms with Gasteiger partial charge in [0.2, 0.25) is 0 Å². The lowest BCUT2D eigenvalue weighted by atomic mass is 10.1. The maximum atomic E-state index is 12.9. The number of nitrogens with zero attached hydrogens (tertiary/aromatic N) is 4. The van der Waals surface area contributed by atoms with Gasteiger partial charge in [0.15, 0.2) is 12.1 Å². The van der Waals surface area contributed by atoms with Crippen LogP contribution in [0.25, 0.3) is 0 Å². The van der Waals surface area contributed by atoms with E-state index >= 15 is 0 Å². The van der Waals surface area contributed by atoms with Gasteiger partial charge in [-0.3, -0.25) is 9.59 Å². The average Bonchev–Trinajstić information content (AvgIpc) is 3.08. The van der Waals surface area contributed by atoms with Gasteiger partial charge in [-0.25, -0.2) is 9.91 Å². The molecule has 2 amide bonds.